The average molecular weight is 311 g/mol. The fourth-order valence-electron chi connectivity index (χ4n) is 2.78. The van der Waals surface area contributed by atoms with Gasteiger partial charge in [-0.05, 0) is 18.2 Å². The molecule has 3 aromatic heterocycles. The van der Waals surface area contributed by atoms with E-state index in [2.05, 4.69) is 20.2 Å². The summed E-state index contributed by atoms with van der Waals surface area (Å²) in [4.78, 5) is 8.44. The van der Waals surface area contributed by atoms with Crippen LogP contribution >= 0.6 is 0 Å². The second-order valence-electron chi connectivity index (χ2n) is 5.51. The fourth-order valence-corrected chi connectivity index (χ4v) is 2.78. The highest BCUT2D eigenvalue weighted by molar-refractivity contribution is 5.96. The summed E-state index contributed by atoms with van der Waals surface area (Å²) in [6.45, 7) is 1.44. The van der Waals surface area contributed by atoms with Crippen LogP contribution in [0, 0.1) is 0 Å². The van der Waals surface area contributed by atoms with Gasteiger partial charge in [0.2, 0.25) is 5.88 Å². The maximum Gasteiger partial charge on any atom is 0.225 e. The number of H-pyrrole nitrogens is 1. The van der Waals surface area contributed by atoms with E-state index in [1.54, 1.807) is 18.5 Å². The van der Waals surface area contributed by atoms with Gasteiger partial charge in [-0.15, -0.1) is 0 Å². The first-order valence-corrected chi connectivity index (χ1v) is 7.60. The van der Waals surface area contributed by atoms with Crippen molar-refractivity contribution in [3.8, 4) is 17.1 Å². The number of nitrogens with two attached hydrogens (primary N) is 1. The Morgan fingerprint density at radius 3 is 2.83 bits per heavy atom. The Bertz CT molecular complexity index is 826. The van der Waals surface area contributed by atoms with Crippen molar-refractivity contribution in [2.45, 2.75) is 18.9 Å². The first kappa shape index (κ1) is 14.0. The number of ether oxygens (including phenoxy) is 2. The van der Waals surface area contributed by atoms with E-state index in [-0.39, 0.29) is 6.10 Å². The van der Waals surface area contributed by atoms with Gasteiger partial charge in [0.05, 0.1) is 24.1 Å². The zero-order chi connectivity index (χ0) is 15.6. The molecule has 3 N–H and O–H groups in total. The Kier molecular flexibility index (Phi) is 3.55. The van der Waals surface area contributed by atoms with Gasteiger partial charge in [-0.1, -0.05) is 0 Å². The summed E-state index contributed by atoms with van der Waals surface area (Å²) in [5.41, 5.74) is 8.32. The predicted molar refractivity (Wildman–Crippen MR) is 86.0 cm³/mol. The highest BCUT2D eigenvalue weighted by Crippen LogP contribution is 2.33. The van der Waals surface area contributed by atoms with Gasteiger partial charge in [0.1, 0.15) is 17.6 Å². The molecule has 0 unspecified atom stereocenters. The van der Waals surface area contributed by atoms with Crippen molar-refractivity contribution in [3.05, 3.63) is 30.6 Å². The van der Waals surface area contributed by atoms with E-state index in [4.69, 9.17) is 15.2 Å². The number of hydrogen-bond donors (Lipinski definition) is 2. The molecular formula is C16H17N5O2. The van der Waals surface area contributed by atoms with Crippen LogP contribution in [0.4, 0.5) is 5.82 Å². The van der Waals surface area contributed by atoms with Gasteiger partial charge in [0.25, 0.3) is 0 Å². The molecule has 7 heteroatoms. The maximum absolute atomic E-state index is 6.12. The van der Waals surface area contributed by atoms with Gasteiger partial charge in [-0.2, -0.15) is 5.10 Å². The van der Waals surface area contributed by atoms with Crippen LogP contribution in [-0.2, 0) is 4.74 Å². The molecule has 0 amide bonds. The standard InChI is InChI=1S/C16H17N5O2/c17-13-9-10(1-5-18-13)15-14-12(20-21-15)2-6-19-16(14)23-11-3-7-22-8-4-11/h1-2,5-6,9,11H,3-4,7-8H2,(H2,17,18)(H,20,21). The first-order valence-electron chi connectivity index (χ1n) is 7.60. The largest absolute Gasteiger partial charge is 0.474 e. The first-order chi connectivity index (χ1) is 11.3. The summed E-state index contributed by atoms with van der Waals surface area (Å²) in [6.07, 6.45) is 5.24. The van der Waals surface area contributed by atoms with E-state index in [0.29, 0.717) is 11.7 Å². The number of nitrogen functional groups attached to an aromatic ring is 1. The molecule has 0 saturated carbocycles. The quantitative estimate of drug-likeness (QED) is 0.769. The Morgan fingerprint density at radius 2 is 2.00 bits per heavy atom. The Balaban J connectivity index is 1.77. The van der Waals surface area contributed by atoms with Crippen LogP contribution in [0.25, 0.3) is 22.2 Å². The molecule has 0 radical (unpaired) electrons. The van der Waals surface area contributed by atoms with E-state index in [9.17, 15) is 0 Å². The molecule has 0 spiro atoms. The lowest BCUT2D eigenvalue weighted by Gasteiger charge is -2.23. The third-order valence-electron chi connectivity index (χ3n) is 3.94. The zero-order valence-corrected chi connectivity index (χ0v) is 12.5. The van der Waals surface area contributed by atoms with Crippen LogP contribution in [0.5, 0.6) is 5.88 Å². The number of aromatic nitrogens is 4. The highest BCUT2D eigenvalue weighted by atomic mass is 16.5. The summed E-state index contributed by atoms with van der Waals surface area (Å²) < 4.78 is 11.5. The minimum atomic E-state index is 0.118. The molecule has 4 rings (SSSR count). The fraction of sp³-hybridized carbons (Fsp3) is 0.312. The molecule has 1 aliphatic heterocycles. The van der Waals surface area contributed by atoms with Gasteiger partial charge >= 0.3 is 0 Å². The smallest absolute Gasteiger partial charge is 0.225 e. The third kappa shape index (κ3) is 2.70. The number of hydrogen-bond acceptors (Lipinski definition) is 6. The second kappa shape index (κ2) is 5.85. The van der Waals surface area contributed by atoms with Crippen molar-refractivity contribution < 1.29 is 9.47 Å². The molecule has 4 heterocycles. The van der Waals surface area contributed by atoms with Gasteiger partial charge < -0.3 is 15.2 Å². The van der Waals surface area contributed by atoms with Gasteiger partial charge in [-0.3, -0.25) is 5.10 Å². The number of nitrogens with one attached hydrogen (secondary N) is 1. The molecule has 118 valence electrons. The summed E-state index contributed by atoms with van der Waals surface area (Å²) in [7, 11) is 0. The van der Waals surface area contributed by atoms with Crippen molar-refractivity contribution in [3.63, 3.8) is 0 Å². The lowest BCUT2D eigenvalue weighted by atomic mass is 10.1. The molecule has 3 aromatic rings. The molecule has 7 nitrogen and oxygen atoms in total. The van der Waals surface area contributed by atoms with Crippen molar-refractivity contribution in [1.29, 1.82) is 0 Å². The van der Waals surface area contributed by atoms with E-state index >= 15 is 0 Å². The van der Waals surface area contributed by atoms with Crippen molar-refractivity contribution in [2.24, 2.45) is 0 Å². The molecule has 1 fully saturated rings. The average Bonchev–Trinajstić information content (AvgIpc) is 3.01. The summed E-state index contributed by atoms with van der Waals surface area (Å²) in [5.74, 6) is 1.04. The topological polar surface area (TPSA) is 98.9 Å². The number of pyridine rings is 2. The zero-order valence-electron chi connectivity index (χ0n) is 12.5. The minimum absolute atomic E-state index is 0.118. The molecule has 0 bridgehead atoms. The Morgan fingerprint density at radius 1 is 1.17 bits per heavy atom. The molecule has 1 aliphatic rings. The van der Waals surface area contributed by atoms with E-state index in [0.717, 1.165) is 48.2 Å². The molecule has 0 atom stereocenters. The van der Waals surface area contributed by atoms with E-state index < -0.39 is 0 Å². The highest BCUT2D eigenvalue weighted by Gasteiger charge is 2.20. The summed E-state index contributed by atoms with van der Waals surface area (Å²) in [5, 5.41) is 8.30. The predicted octanol–water partition coefficient (Wildman–Crippen LogP) is 2.16. The number of rotatable bonds is 3. The van der Waals surface area contributed by atoms with Crippen LogP contribution in [0.2, 0.25) is 0 Å². The maximum atomic E-state index is 6.12. The molecule has 23 heavy (non-hydrogen) atoms. The van der Waals surface area contributed by atoms with Gasteiger partial charge in [0.15, 0.2) is 0 Å². The number of anilines is 1. The Labute approximate surface area is 132 Å². The lowest BCUT2D eigenvalue weighted by Crippen LogP contribution is -2.26. The molecular weight excluding hydrogens is 294 g/mol. The van der Waals surface area contributed by atoms with Crippen LogP contribution in [-0.4, -0.2) is 39.5 Å². The second-order valence-corrected chi connectivity index (χ2v) is 5.51. The van der Waals surface area contributed by atoms with Crippen LogP contribution < -0.4 is 10.5 Å². The van der Waals surface area contributed by atoms with Crippen molar-refractivity contribution in [1.82, 2.24) is 20.2 Å². The van der Waals surface area contributed by atoms with E-state index in [1.165, 1.54) is 0 Å². The van der Waals surface area contributed by atoms with Gasteiger partial charge in [-0.25, -0.2) is 9.97 Å². The number of aromatic amines is 1. The number of nitrogens with zero attached hydrogens (tertiary/aromatic N) is 3. The van der Waals surface area contributed by atoms with E-state index in [1.807, 2.05) is 12.1 Å². The summed E-state index contributed by atoms with van der Waals surface area (Å²) >= 11 is 0. The van der Waals surface area contributed by atoms with Crippen molar-refractivity contribution >= 4 is 16.7 Å². The SMILES string of the molecule is Nc1cc(-c2n[nH]c3ccnc(OC4CCOCC4)c23)ccn1. The van der Waals surface area contributed by atoms with Crippen LogP contribution in [0.1, 0.15) is 12.8 Å². The minimum Gasteiger partial charge on any atom is -0.474 e. The van der Waals surface area contributed by atoms with Crippen LogP contribution in [0.3, 0.4) is 0 Å². The Hall–Kier alpha value is -2.67. The monoisotopic (exact) mass is 311 g/mol. The lowest BCUT2D eigenvalue weighted by molar-refractivity contribution is 0.0244. The molecule has 0 aliphatic carbocycles. The summed E-state index contributed by atoms with van der Waals surface area (Å²) in [6, 6.07) is 5.55. The van der Waals surface area contributed by atoms with Crippen molar-refractivity contribution in [2.75, 3.05) is 18.9 Å². The third-order valence-corrected chi connectivity index (χ3v) is 3.94. The number of fused-ring (bicyclic) bond motifs is 1. The molecule has 1 saturated heterocycles. The van der Waals surface area contributed by atoms with Gasteiger partial charge in [0, 0.05) is 30.8 Å². The normalized spacial score (nSPS) is 15.8. The van der Waals surface area contributed by atoms with Crippen LogP contribution in [0.15, 0.2) is 30.6 Å². The molecule has 0 aromatic carbocycles.